The van der Waals surface area contributed by atoms with Gasteiger partial charge in [-0.25, -0.2) is 9.48 Å². The van der Waals surface area contributed by atoms with Crippen LogP contribution in [-0.2, 0) is 14.1 Å². The second-order valence-corrected chi connectivity index (χ2v) is 6.12. The molecule has 2 fully saturated rings. The van der Waals surface area contributed by atoms with Gasteiger partial charge in [0.25, 0.3) is 5.56 Å². The normalized spacial score (nSPS) is 22.3. The molecule has 7 nitrogen and oxygen atoms in total. The van der Waals surface area contributed by atoms with E-state index >= 15 is 0 Å². The molecule has 1 atom stereocenters. The summed E-state index contributed by atoms with van der Waals surface area (Å²) in [6.45, 7) is 1.84. The van der Waals surface area contributed by atoms with Crippen LogP contribution in [-0.4, -0.2) is 39.5 Å². The van der Waals surface area contributed by atoms with Crippen molar-refractivity contribution >= 4 is 5.82 Å². The molecule has 0 amide bonds. The van der Waals surface area contributed by atoms with Crippen LogP contribution in [0, 0.1) is 0 Å². The Morgan fingerprint density at radius 3 is 2.62 bits per heavy atom. The van der Waals surface area contributed by atoms with Crippen LogP contribution in [0.2, 0.25) is 0 Å². The van der Waals surface area contributed by atoms with Gasteiger partial charge >= 0.3 is 5.69 Å². The molecule has 1 unspecified atom stereocenters. The van der Waals surface area contributed by atoms with Crippen molar-refractivity contribution in [3.63, 3.8) is 0 Å². The summed E-state index contributed by atoms with van der Waals surface area (Å²) in [6, 6.07) is 0.800. The molecule has 0 spiro atoms. The molecular formula is C14H23N5O2. The lowest BCUT2D eigenvalue weighted by atomic mass is 10.0. The third-order valence-corrected chi connectivity index (χ3v) is 4.39. The van der Waals surface area contributed by atoms with Gasteiger partial charge in [-0.1, -0.05) is 6.42 Å². The van der Waals surface area contributed by atoms with Crippen LogP contribution in [0.3, 0.4) is 0 Å². The molecule has 116 valence electrons. The highest BCUT2D eigenvalue weighted by Gasteiger charge is 2.34. The third kappa shape index (κ3) is 2.88. The number of piperidine rings is 1. The van der Waals surface area contributed by atoms with Crippen molar-refractivity contribution < 1.29 is 0 Å². The molecule has 1 saturated heterocycles. The minimum absolute atomic E-state index is 0.291. The first-order chi connectivity index (χ1) is 10.1. The molecule has 2 heterocycles. The Balaban J connectivity index is 1.90. The molecule has 0 aromatic carbocycles. The zero-order valence-corrected chi connectivity index (χ0v) is 12.7. The summed E-state index contributed by atoms with van der Waals surface area (Å²) in [5.74, 6) is 0.412. The largest absolute Gasteiger partial charge is 0.346 e. The van der Waals surface area contributed by atoms with Crippen molar-refractivity contribution in [1.29, 1.82) is 0 Å². The van der Waals surface area contributed by atoms with E-state index in [4.69, 9.17) is 0 Å². The molecule has 1 N–H and O–H groups in total. The van der Waals surface area contributed by atoms with Crippen LogP contribution in [0.4, 0.5) is 5.82 Å². The predicted octanol–water partition coefficient (Wildman–Crippen LogP) is -0.410. The summed E-state index contributed by atoms with van der Waals surface area (Å²) < 4.78 is 2.40. The van der Waals surface area contributed by atoms with Gasteiger partial charge in [-0.05, 0) is 32.2 Å². The molecule has 21 heavy (non-hydrogen) atoms. The summed E-state index contributed by atoms with van der Waals surface area (Å²) in [4.78, 5) is 26.3. The molecule has 1 saturated carbocycles. The number of rotatable bonds is 4. The van der Waals surface area contributed by atoms with Gasteiger partial charge in [0.1, 0.15) is 0 Å². The number of aryl methyl sites for hydroxylation is 1. The highest BCUT2D eigenvalue weighted by atomic mass is 16.2. The first kappa shape index (κ1) is 14.3. The molecule has 3 rings (SSSR count). The monoisotopic (exact) mass is 293 g/mol. The Morgan fingerprint density at radius 2 is 2.00 bits per heavy atom. The number of aromatic nitrogens is 3. The number of hydrogen-bond acceptors (Lipinski definition) is 5. The highest BCUT2D eigenvalue weighted by Crippen LogP contribution is 2.29. The Morgan fingerprint density at radius 1 is 1.24 bits per heavy atom. The summed E-state index contributed by atoms with van der Waals surface area (Å²) >= 11 is 0. The average molecular weight is 293 g/mol. The van der Waals surface area contributed by atoms with Crippen molar-refractivity contribution in [1.82, 2.24) is 19.7 Å². The molecular weight excluding hydrogens is 270 g/mol. The number of nitrogens with zero attached hydrogens (tertiary/aromatic N) is 4. The number of anilines is 1. The Bertz CT molecular complexity index is 625. The fourth-order valence-corrected chi connectivity index (χ4v) is 2.97. The lowest BCUT2D eigenvalue weighted by Crippen LogP contribution is -2.49. The molecule has 7 heteroatoms. The van der Waals surface area contributed by atoms with E-state index in [0.29, 0.717) is 17.9 Å². The minimum atomic E-state index is -0.379. The van der Waals surface area contributed by atoms with Gasteiger partial charge in [0.2, 0.25) is 5.82 Å². The van der Waals surface area contributed by atoms with Crippen LogP contribution in [0.1, 0.15) is 32.1 Å². The zero-order chi connectivity index (χ0) is 15.0. The van der Waals surface area contributed by atoms with Crippen LogP contribution in [0.15, 0.2) is 9.59 Å². The molecule has 2 aliphatic rings. The minimum Gasteiger partial charge on any atom is -0.346 e. The van der Waals surface area contributed by atoms with E-state index in [2.05, 4.69) is 15.3 Å². The van der Waals surface area contributed by atoms with Gasteiger partial charge < -0.3 is 10.2 Å². The van der Waals surface area contributed by atoms with Crippen molar-refractivity contribution in [3.8, 4) is 0 Å². The number of nitrogens with one attached hydrogen (secondary N) is 1. The van der Waals surface area contributed by atoms with E-state index in [9.17, 15) is 9.59 Å². The van der Waals surface area contributed by atoms with E-state index in [1.165, 1.54) is 24.6 Å². The average Bonchev–Trinajstić information content (AvgIpc) is 3.32. The topological polar surface area (TPSA) is 72.2 Å². The van der Waals surface area contributed by atoms with E-state index in [0.717, 1.165) is 36.9 Å². The van der Waals surface area contributed by atoms with E-state index in [-0.39, 0.29) is 11.2 Å². The zero-order valence-electron chi connectivity index (χ0n) is 12.7. The molecule has 1 aliphatic heterocycles. The van der Waals surface area contributed by atoms with Crippen LogP contribution in [0.25, 0.3) is 0 Å². The summed E-state index contributed by atoms with van der Waals surface area (Å²) in [6.07, 6.45) is 5.78. The van der Waals surface area contributed by atoms with E-state index in [1.807, 2.05) is 0 Å². The Hall–Kier alpha value is -1.63. The number of hydrogen-bond donors (Lipinski definition) is 1. The van der Waals surface area contributed by atoms with Gasteiger partial charge in [0.05, 0.1) is 0 Å². The Labute approximate surface area is 123 Å². The second-order valence-electron chi connectivity index (χ2n) is 6.12. The smallest absolute Gasteiger partial charge is 0.346 e. The van der Waals surface area contributed by atoms with Gasteiger partial charge in [-0.3, -0.25) is 9.36 Å². The first-order valence-corrected chi connectivity index (χ1v) is 7.72. The maximum Gasteiger partial charge on any atom is 0.346 e. The molecule has 1 aromatic rings. The van der Waals surface area contributed by atoms with Crippen molar-refractivity contribution in [2.24, 2.45) is 14.1 Å². The second kappa shape index (κ2) is 5.63. The van der Waals surface area contributed by atoms with Crippen LogP contribution in [0.5, 0.6) is 0 Å². The predicted molar refractivity (Wildman–Crippen MR) is 80.7 cm³/mol. The van der Waals surface area contributed by atoms with E-state index < -0.39 is 0 Å². The molecule has 1 aromatic heterocycles. The fourth-order valence-electron chi connectivity index (χ4n) is 2.97. The van der Waals surface area contributed by atoms with Crippen molar-refractivity contribution in [3.05, 3.63) is 20.8 Å². The lowest BCUT2D eigenvalue weighted by molar-refractivity contribution is 0.396. The van der Waals surface area contributed by atoms with Gasteiger partial charge in [-0.2, -0.15) is 0 Å². The van der Waals surface area contributed by atoms with Gasteiger partial charge in [0, 0.05) is 32.7 Å². The SMILES string of the molecule is Cn1nc(N(CC2CCCCN2)C2CC2)c(=O)n(C)c1=O. The van der Waals surface area contributed by atoms with Crippen LogP contribution < -0.4 is 21.5 Å². The quantitative estimate of drug-likeness (QED) is 0.817. The highest BCUT2D eigenvalue weighted by molar-refractivity contribution is 5.38. The lowest BCUT2D eigenvalue weighted by Gasteiger charge is -2.31. The van der Waals surface area contributed by atoms with E-state index in [1.54, 1.807) is 7.05 Å². The Kier molecular flexibility index (Phi) is 3.84. The van der Waals surface area contributed by atoms with Crippen LogP contribution >= 0.6 is 0 Å². The molecule has 1 aliphatic carbocycles. The van der Waals surface area contributed by atoms with Crippen molar-refractivity contribution in [2.45, 2.75) is 44.2 Å². The fraction of sp³-hybridized carbons (Fsp3) is 0.786. The summed E-state index contributed by atoms with van der Waals surface area (Å²) in [5.41, 5.74) is -0.670. The summed E-state index contributed by atoms with van der Waals surface area (Å²) in [7, 11) is 3.11. The maximum absolute atomic E-state index is 12.4. The molecule has 0 radical (unpaired) electrons. The van der Waals surface area contributed by atoms with Gasteiger partial charge in [0.15, 0.2) is 0 Å². The maximum atomic E-state index is 12.4. The third-order valence-electron chi connectivity index (χ3n) is 4.39. The molecule has 0 bridgehead atoms. The standard InChI is InChI=1S/C14H23N5O2/c1-17-13(20)12(16-18(2)14(17)21)19(11-6-7-11)9-10-5-3-4-8-15-10/h10-11,15H,3-9H2,1-2H3. The van der Waals surface area contributed by atoms with Gasteiger partial charge in [-0.15, -0.1) is 5.10 Å². The summed E-state index contributed by atoms with van der Waals surface area (Å²) in [5, 5.41) is 7.74. The van der Waals surface area contributed by atoms with Crippen molar-refractivity contribution in [2.75, 3.05) is 18.0 Å². The first-order valence-electron chi connectivity index (χ1n) is 7.72.